The second kappa shape index (κ2) is 4.83. The maximum absolute atomic E-state index is 10.9. The van der Waals surface area contributed by atoms with Gasteiger partial charge in [-0.15, -0.1) is 0 Å². The number of hydrogen-bond acceptors (Lipinski definition) is 4. The monoisotopic (exact) mass is 246 g/mol. The van der Waals surface area contributed by atoms with Gasteiger partial charge < -0.3 is 20.6 Å². The van der Waals surface area contributed by atoms with Gasteiger partial charge in [0.25, 0.3) is 5.91 Å². The Morgan fingerprint density at radius 2 is 2.11 bits per heavy atom. The van der Waals surface area contributed by atoms with E-state index in [1.54, 1.807) is 24.3 Å². The average Bonchev–Trinajstić information content (AvgIpc) is 2.79. The topological polar surface area (TPSA) is 91.5 Å². The molecule has 0 aliphatic heterocycles. The van der Waals surface area contributed by atoms with E-state index in [4.69, 9.17) is 20.6 Å². The van der Waals surface area contributed by atoms with E-state index in [1.165, 1.54) is 6.07 Å². The highest BCUT2D eigenvalue weighted by Crippen LogP contribution is 2.30. The van der Waals surface area contributed by atoms with Crippen LogP contribution in [0.3, 0.4) is 0 Å². The van der Waals surface area contributed by atoms with Crippen molar-refractivity contribution in [2.45, 2.75) is 6.92 Å². The SMILES string of the molecule is CCOc1ccc(-c2ccc(C(N)=O)o2)c(N)c1. The highest BCUT2D eigenvalue weighted by Gasteiger charge is 2.11. The first-order valence-electron chi connectivity index (χ1n) is 5.54. The minimum absolute atomic E-state index is 0.110. The van der Waals surface area contributed by atoms with Crippen LogP contribution in [-0.4, -0.2) is 12.5 Å². The van der Waals surface area contributed by atoms with Gasteiger partial charge in [0.05, 0.1) is 6.61 Å². The third-order valence-corrected chi connectivity index (χ3v) is 2.45. The lowest BCUT2D eigenvalue weighted by atomic mass is 10.1. The number of nitrogen functional groups attached to an aromatic ring is 1. The largest absolute Gasteiger partial charge is 0.494 e. The molecule has 0 aliphatic carbocycles. The van der Waals surface area contributed by atoms with Gasteiger partial charge in [0.15, 0.2) is 5.76 Å². The molecule has 4 N–H and O–H groups in total. The minimum atomic E-state index is -0.606. The van der Waals surface area contributed by atoms with Crippen molar-refractivity contribution < 1.29 is 13.9 Å². The summed E-state index contributed by atoms with van der Waals surface area (Å²) in [6.45, 7) is 2.47. The number of amides is 1. The van der Waals surface area contributed by atoms with Gasteiger partial charge in [-0.3, -0.25) is 4.79 Å². The van der Waals surface area contributed by atoms with Crippen molar-refractivity contribution in [1.82, 2.24) is 0 Å². The fourth-order valence-corrected chi connectivity index (χ4v) is 1.64. The summed E-state index contributed by atoms with van der Waals surface area (Å²) in [5.41, 5.74) is 12.3. The molecule has 0 atom stereocenters. The fourth-order valence-electron chi connectivity index (χ4n) is 1.64. The Kier molecular flexibility index (Phi) is 3.23. The Balaban J connectivity index is 2.35. The zero-order valence-electron chi connectivity index (χ0n) is 9.97. The molecular weight excluding hydrogens is 232 g/mol. The lowest BCUT2D eigenvalue weighted by Gasteiger charge is -2.07. The molecule has 0 radical (unpaired) electrons. The maximum Gasteiger partial charge on any atom is 0.284 e. The summed E-state index contributed by atoms with van der Waals surface area (Å²) in [6, 6.07) is 8.47. The van der Waals surface area contributed by atoms with Gasteiger partial charge in [-0.25, -0.2) is 0 Å². The van der Waals surface area contributed by atoms with Crippen molar-refractivity contribution in [2.75, 3.05) is 12.3 Å². The molecule has 2 rings (SSSR count). The van der Waals surface area contributed by atoms with Gasteiger partial charge in [-0.2, -0.15) is 0 Å². The van der Waals surface area contributed by atoms with E-state index in [1.807, 2.05) is 6.92 Å². The molecule has 0 bridgehead atoms. The Bertz CT molecular complexity index is 575. The number of benzene rings is 1. The number of ether oxygens (including phenoxy) is 1. The summed E-state index contributed by atoms with van der Waals surface area (Å²) < 4.78 is 10.7. The van der Waals surface area contributed by atoms with Gasteiger partial charge in [0.1, 0.15) is 11.5 Å². The molecule has 0 saturated carbocycles. The van der Waals surface area contributed by atoms with Crippen LogP contribution in [0.2, 0.25) is 0 Å². The van der Waals surface area contributed by atoms with Crippen LogP contribution in [0.4, 0.5) is 5.69 Å². The minimum Gasteiger partial charge on any atom is -0.494 e. The third-order valence-electron chi connectivity index (χ3n) is 2.45. The van der Waals surface area contributed by atoms with E-state index >= 15 is 0 Å². The highest BCUT2D eigenvalue weighted by molar-refractivity contribution is 5.90. The van der Waals surface area contributed by atoms with E-state index in [2.05, 4.69) is 0 Å². The molecule has 0 fully saturated rings. The van der Waals surface area contributed by atoms with Crippen molar-refractivity contribution in [3.63, 3.8) is 0 Å². The number of carbonyl (C=O) groups excluding carboxylic acids is 1. The van der Waals surface area contributed by atoms with Crippen molar-refractivity contribution in [1.29, 1.82) is 0 Å². The molecular formula is C13H14N2O3. The smallest absolute Gasteiger partial charge is 0.284 e. The second-order valence-corrected chi connectivity index (χ2v) is 3.71. The zero-order valence-corrected chi connectivity index (χ0v) is 9.97. The summed E-state index contributed by atoms with van der Waals surface area (Å²) in [5, 5.41) is 0. The molecule has 1 heterocycles. The maximum atomic E-state index is 10.9. The van der Waals surface area contributed by atoms with Crippen LogP contribution in [0.15, 0.2) is 34.7 Å². The number of rotatable bonds is 4. The summed E-state index contributed by atoms with van der Waals surface area (Å²) in [4.78, 5) is 10.9. The molecule has 2 aromatic rings. The Hall–Kier alpha value is -2.43. The number of carbonyl (C=O) groups is 1. The van der Waals surface area contributed by atoms with E-state index in [-0.39, 0.29) is 5.76 Å². The summed E-state index contributed by atoms with van der Waals surface area (Å²) in [5.74, 6) is 0.703. The number of furan rings is 1. The Morgan fingerprint density at radius 3 is 2.67 bits per heavy atom. The molecule has 94 valence electrons. The summed E-state index contributed by atoms with van der Waals surface area (Å²) >= 11 is 0. The van der Waals surface area contributed by atoms with E-state index in [0.29, 0.717) is 29.4 Å². The predicted octanol–water partition coefficient (Wildman–Crippen LogP) is 2.03. The first-order valence-corrected chi connectivity index (χ1v) is 5.54. The number of anilines is 1. The van der Waals surface area contributed by atoms with Gasteiger partial charge >= 0.3 is 0 Å². The predicted molar refractivity (Wildman–Crippen MR) is 68.2 cm³/mol. The van der Waals surface area contributed by atoms with Crippen LogP contribution >= 0.6 is 0 Å². The van der Waals surface area contributed by atoms with Crippen molar-refractivity contribution in [3.8, 4) is 17.1 Å². The third kappa shape index (κ3) is 2.29. The first-order chi connectivity index (χ1) is 8.61. The molecule has 1 amide bonds. The zero-order chi connectivity index (χ0) is 13.1. The molecule has 1 aromatic carbocycles. The second-order valence-electron chi connectivity index (χ2n) is 3.71. The van der Waals surface area contributed by atoms with E-state index < -0.39 is 5.91 Å². The van der Waals surface area contributed by atoms with Crippen molar-refractivity contribution in [3.05, 3.63) is 36.1 Å². The fraction of sp³-hybridized carbons (Fsp3) is 0.154. The van der Waals surface area contributed by atoms with Crippen LogP contribution in [0, 0.1) is 0 Å². The average molecular weight is 246 g/mol. The Labute approximate surface area is 104 Å². The summed E-state index contributed by atoms with van der Waals surface area (Å²) in [6.07, 6.45) is 0. The lowest BCUT2D eigenvalue weighted by Crippen LogP contribution is -2.09. The van der Waals surface area contributed by atoms with Gasteiger partial charge in [0, 0.05) is 17.3 Å². The number of primary amides is 1. The quantitative estimate of drug-likeness (QED) is 0.807. The van der Waals surface area contributed by atoms with E-state index in [9.17, 15) is 4.79 Å². The van der Waals surface area contributed by atoms with E-state index in [0.717, 1.165) is 0 Å². The van der Waals surface area contributed by atoms with Crippen LogP contribution in [0.1, 0.15) is 17.5 Å². The molecule has 0 aliphatic rings. The molecule has 0 unspecified atom stereocenters. The van der Waals surface area contributed by atoms with Crippen LogP contribution < -0.4 is 16.2 Å². The van der Waals surface area contributed by atoms with Crippen molar-refractivity contribution >= 4 is 11.6 Å². The van der Waals surface area contributed by atoms with Crippen LogP contribution in [0.25, 0.3) is 11.3 Å². The van der Waals surface area contributed by atoms with Gasteiger partial charge in [-0.05, 0) is 31.2 Å². The summed E-state index contributed by atoms with van der Waals surface area (Å²) in [7, 11) is 0. The van der Waals surface area contributed by atoms with Gasteiger partial charge in [0.2, 0.25) is 0 Å². The molecule has 0 spiro atoms. The molecule has 5 nitrogen and oxygen atoms in total. The van der Waals surface area contributed by atoms with Crippen LogP contribution in [0.5, 0.6) is 5.75 Å². The molecule has 5 heteroatoms. The lowest BCUT2D eigenvalue weighted by molar-refractivity contribution is 0.0974. The molecule has 18 heavy (non-hydrogen) atoms. The standard InChI is InChI=1S/C13H14N2O3/c1-2-17-8-3-4-9(10(14)7-8)11-5-6-12(18-11)13(15)16/h3-7H,2,14H2,1H3,(H2,15,16). The highest BCUT2D eigenvalue weighted by atomic mass is 16.5. The molecule has 0 saturated heterocycles. The number of nitrogens with two attached hydrogens (primary N) is 2. The Morgan fingerprint density at radius 1 is 1.33 bits per heavy atom. The normalized spacial score (nSPS) is 10.3. The van der Waals surface area contributed by atoms with Crippen molar-refractivity contribution in [2.24, 2.45) is 5.73 Å². The van der Waals surface area contributed by atoms with Crippen LogP contribution in [-0.2, 0) is 0 Å². The number of hydrogen-bond donors (Lipinski definition) is 2. The van der Waals surface area contributed by atoms with Gasteiger partial charge in [-0.1, -0.05) is 0 Å². The molecule has 1 aromatic heterocycles. The first kappa shape index (κ1) is 12.0.